The number of aryl methyl sites for hydroxylation is 2. The molecule has 0 aliphatic heterocycles. The molecule has 1 aromatic heterocycles. The fourth-order valence-corrected chi connectivity index (χ4v) is 2.70. The van der Waals surface area contributed by atoms with Crippen molar-refractivity contribution in [2.45, 2.75) is 26.2 Å². The fraction of sp³-hybridized carbons (Fsp3) is 0.286. The number of nitrogens with zero attached hydrogens (tertiary/aromatic N) is 1. The van der Waals surface area contributed by atoms with Crippen molar-refractivity contribution >= 4 is 17.6 Å². The minimum atomic E-state index is -0.262. The van der Waals surface area contributed by atoms with Crippen molar-refractivity contribution in [1.82, 2.24) is 4.98 Å². The van der Waals surface area contributed by atoms with E-state index >= 15 is 0 Å². The molecular weight excluding hydrogens is 249 g/mol. The molecule has 1 atom stereocenters. The molecule has 94 valence electrons. The minimum Gasteiger partial charge on any atom is -0.303 e. The largest absolute Gasteiger partial charge is 0.303 e. The molecule has 0 N–H and O–H groups in total. The van der Waals surface area contributed by atoms with E-state index in [0.29, 0.717) is 6.42 Å². The van der Waals surface area contributed by atoms with Gasteiger partial charge in [-0.05, 0) is 38.0 Å². The highest BCUT2D eigenvalue weighted by atomic mass is 32.1. The second-order valence-corrected chi connectivity index (χ2v) is 5.50. The molecule has 4 heteroatoms. The van der Waals surface area contributed by atoms with Crippen molar-refractivity contribution in [3.63, 3.8) is 0 Å². The molecule has 1 unspecified atom stereocenters. The first kappa shape index (κ1) is 12.9. The molecular formula is C14H14FNOS. The number of benzene rings is 1. The molecule has 1 heterocycles. The molecule has 2 nitrogen and oxygen atoms in total. The Balaban J connectivity index is 2.19. The minimum absolute atomic E-state index is 0.243. The molecule has 1 aromatic carbocycles. The third kappa shape index (κ3) is 2.82. The first-order chi connectivity index (χ1) is 8.60. The Hall–Kier alpha value is -1.55. The Bertz CT molecular complexity index is 528. The van der Waals surface area contributed by atoms with E-state index in [-0.39, 0.29) is 11.7 Å². The number of aromatic nitrogens is 1. The van der Waals surface area contributed by atoms with Crippen molar-refractivity contribution in [1.29, 1.82) is 0 Å². The molecule has 2 rings (SSSR count). The van der Waals surface area contributed by atoms with Crippen molar-refractivity contribution < 1.29 is 9.18 Å². The Morgan fingerprint density at radius 3 is 2.50 bits per heavy atom. The van der Waals surface area contributed by atoms with Gasteiger partial charge >= 0.3 is 0 Å². The summed E-state index contributed by atoms with van der Waals surface area (Å²) in [5.41, 5.74) is 1.92. The van der Waals surface area contributed by atoms with Crippen molar-refractivity contribution in [2.24, 2.45) is 0 Å². The molecule has 0 radical (unpaired) electrons. The van der Waals surface area contributed by atoms with Gasteiger partial charge in [-0.2, -0.15) is 0 Å². The predicted molar refractivity (Wildman–Crippen MR) is 70.5 cm³/mol. The zero-order chi connectivity index (χ0) is 13.1. The maximum atomic E-state index is 12.8. The van der Waals surface area contributed by atoms with Crippen LogP contribution in [-0.2, 0) is 11.2 Å². The molecule has 0 spiro atoms. The predicted octanol–water partition coefficient (Wildman–Crippen LogP) is 3.42. The summed E-state index contributed by atoms with van der Waals surface area (Å²) in [4.78, 5) is 16.7. The van der Waals surface area contributed by atoms with Gasteiger partial charge in [-0.3, -0.25) is 0 Å². The van der Waals surface area contributed by atoms with Crippen molar-refractivity contribution in [2.75, 3.05) is 0 Å². The van der Waals surface area contributed by atoms with Gasteiger partial charge in [0, 0.05) is 4.88 Å². The summed E-state index contributed by atoms with van der Waals surface area (Å²) in [7, 11) is 0. The van der Waals surface area contributed by atoms with E-state index in [1.54, 1.807) is 23.5 Å². The lowest BCUT2D eigenvalue weighted by Gasteiger charge is -2.06. The van der Waals surface area contributed by atoms with E-state index in [4.69, 9.17) is 0 Å². The van der Waals surface area contributed by atoms with Gasteiger partial charge in [0.05, 0.1) is 11.6 Å². The summed E-state index contributed by atoms with van der Waals surface area (Å²) in [6, 6.07) is 6.24. The van der Waals surface area contributed by atoms with Crippen LogP contribution in [-0.4, -0.2) is 11.3 Å². The van der Waals surface area contributed by atoms with Crippen LogP contribution >= 0.6 is 11.3 Å². The van der Waals surface area contributed by atoms with Crippen LogP contribution in [0.25, 0.3) is 0 Å². The van der Waals surface area contributed by atoms with Crippen molar-refractivity contribution in [3.8, 4) is 0 Å². The number of thiazole rings is 1. The molecule has 0 saturated heterocycles. The Morgan fingerprint density at radius 1 is 1.33 bits per heavy atom. The molecule has 0 amide bonds. The van der Waals surface area contributed by atoms with Crippen LogP contribution in [0.3, 0.4) is 0 Å². The van der Waals surface area contributed by atoms with Crippen LogP contribution in [0.1, 0.15) is 27.1 Å². The number of carbonyl (C=O) groups is 1. The van der Waals surface area contributed by atoms with E-state index in [1.165, 1.54) is 12.1 Å². The van der Waals surface area contributed by atoms with Crippen LogP contribution in [0.2, 0.25) is 0 Å². The van der Waals surface area contributed by atoms with Gasteiger partial charge in [0.15, 0.2) is 0 Å². The average Bonchev–Trinajstić information content (AvgIpc) is 2.69. The van der Waals surface area contributed by atoms with E-state index in [1.807, 2.05) is 13.8 Å². The average molecular weight is 263 g/mol. The molecule has 0 fully saturated rings. The Kier molecular flexibility index (Phi) is 3.87. The SMILES string of the molecule is Cc1nc(C(C=O)Cc2ccc(F)cc2)sc1C. The zero-order valence-electron chi connectivity index (χ0n) is 10.3. The lowest BCUT2D eigenvalue weighted by molar-refractivity contribution is -0.109. The molecule has 18 heavy (non-hydrogen) atoms. The van der Waals surface area contributed by atoms with E-state index in [2.05, 4.69) is 4.98 Å². The summed E-state index contributed by atoms with van der Waals surface area (Å²) in [5.74, 6) is -0.504. The summed E-state index contributed by atoms with van der Waals surface area (Å²) in [6.07, 6.45) is 1.48. The van der Waals surface area contributed by atoms with Gasteiger partial charge in [0.25, 0.3) is 0 Å². The normalized spacial score (nSPS) is 12.4. The van der Waals surface area contributed by atoms with Crippen LogP contribution in [0.4, 0.5) is 4.39 Å². The topological polar surface area (TPSA) is 30.0 Å². The van der Waals surface area contributed by atoms with Crippen LogP contribution < -0.4 is 0 Å². The highest BCUT2D eigenvalue weighted by molar-refractivity contribution is 7.11. The van der Waals surface area contributed by atoms with Gasteiger partial charge in [0.1, 0.15) is 17.1 Å². The molecule has 2 aromatic rings. The Labute approximate surface area is 110 Å². The van der Waals surface area contributed by atoms with E-state index in [0.717, 1.165) is 27.4 Å². The smallest absolute Gasteiger partial charge is 0.130 e. The lowest BCUT2D eigenvalue weighted by Crippen LogP contribution is -2.04. The third-order valence-corrected chi connectivity index (χ3v) is 4.10. The molecule has 0 aliphatic rings. The number of hydrogen-bond donors (Lipinski definition) is 0. The van der Waals surface area contributed by atoms with E-state index in [9.17, 15) is 9.18 Å². The summed E-state index contributed by atoms with van der Waals surface area (Å²) >= 11 is 1.55. The van der Waals surface area contributed by atoms with Gasteiger partial charge in [-0.25, -0.2) is 9.37 Å². The Morgan fingerprint density at radius 2 is 2.00 bits per heavy atom. The third-order valence-electron chi connectivity index (χ3n) is 2.90. The first-order valence-electron chi connectivity index (χ1n) is 5.74. The molecule has 0 bridgehead atoms. The number of aldehydes is 1. The summed E-state index contributed by atoms with van der Waals surface area (Å²) < 4.78 is 12.8. The standard InChI is InChI=1S/C14H14FNOS/c1-9-10(2)18-14(16-9)12(8-17)7-11-3-5-13(15)6-4-11/h3-6,8,12H,7H2,1-2H3. The van der Waals surface area contributed by atoms with Gasteiger partial charge < -0.3 is 4.79 Å². The van der Waals surface area contributed by atoms with Gasteiger partial charge in [-0.1, -0.05) is 12.1 Å². The highest BCUT2D eigenvalue weighted by Crippen LogP contribution is 2.26. The summed E-state index contributed by atoms with van der Waals surface area (Å²) in [6.45, 7) is 3.94. The number of halogens is 1. The second kappa shape index (κ2) is 5.40. The molecule has 0 aliphatic carbocycles. The fourth-order valence-electron chi connectivity index (χ4n) is 1.72. The maximum absolute atomic E-state index is 12.8. The summed E-state index contributed by atoms with van der Waals surface area (Å²) in [5, 5.41) is 0.837. The van der Waals surface area contributed by atoms with E-state index < -0.39 is 0 Å². The number of hydrogen-bond acceptors (Lipinski definition) is 3. The zero-order valence-corrected chi connectivity index (χ0v) is 11.1. The van der Waals surface area contributed by atoms with Crippen LogP contribution in [0.5, 0.6) is 0 Å². The monoisotopic (exact) mass is 263 g/mol. The van der Waals surface area contributed by atoms with Crippen LogP contribution in [0.15, 0.2) is 24.3 Å². The lowest BCUT2D eigenvalue weighted by atomic mass is 10.0. The van der Waals surface area contributed by atoms with Gasteiger partial charge in [-0.15, -0.1) is 11.3 Å². The number of rotatable bonds is 4. The maximum Gasteiger partial charge on any atom is 0.130 e. The van der Waals surface area contributed by atoms with Crippen molar-refractivity contribution in [3.05, 3.63) is 51.2 Å². The quantitative estimate of drug-likeness (QED) is 0.791. The number of carbonyl (C=O) groups excluding carboxylic acids is 1. The van der Waals surface area contributed by atoms with Crippen LogP contribution in [0, 0.1) is 19.7 Å². The first-order valence-corrected chi connectivity index (χ1v) is 6.55. The molecule has 0 saturated carbocycles. The highest BCUT2D eigenvalue weighted by Gasteiger charge is 2.16. The second-order valence-electron chi connectivity index (χ2n) is 4.27. The van der Waals surface area contributed by atoms with Gasteiger partial charge in [0.2, 0.25) is 0 Å².